The first-order chi connectivity index (χ1) is 19.2. The Bertz CT molecular complexity index is 1810. The zero-order chi connectivity index (χ0) is 30.1. The Morgan fingerprint density at radius 1 is 1.10 bits per heavy atom. The standard InChI is InChI=1S/C26H23F4N5O5S/c1-14(23(36)31-2)12-35-13-33-21-7-4-15(8-18(21)25(35)37)16-9-22(24(40-3)32-11-16)34-41(38,39)17-5-6-20(27)19(10-17)26(28,29)30/h4-11,13-14,34H,12H2,1-3H3,(H,31,36)/t14-/m0/s1. The van der Waals surface area contributed by atoms with Crippen LogP contribution in [-0.4, -0.2) is 43.0 Å². The van der Waals surface area contributed by atoms with E-state index in [9.17, 15) is 35.6 Å². The number of carbonyl (C=O) groups is 1. The average molecular weight is 594 g/mol. The van der Waals surface area contributed by atoms with Gasteiger partial charge in [0.1, 0.15) is 11.5 Å². The fourth-order valence-corrected chi connectivity index (χ4v) is 5.11. The number of hydrogen-bond donors (Lipinski definition) is 2. The highest BCUT2D eigenvalue weighted by Gasteiger charge is 2.35. The van der Waals surface area contributed by atoms with Gasteiger partial charge in [-0.1, -0.05) is 13.0 Å². The number of alkyl halides is 3. The molecule has 0 radical (unpaired) electrons. The summed E-state index contributed by atoms with van der Waals surface area (Å²) in [4.78, 5) is 32.6. The third-order valence-corrected chi connectivity index (χ3v) is 7.53. The van der Waals surface area contributed by atoms with Gasteiger partial charge in [0.05, 0.1) is 40.7 Å². The molecular formula is C26H23F4N5O5S. The van der Waals surface area contributed by atoms with E-state index in [1.165, 1.54) is 43.4 Å². The molecule has 15 heteroatoms. The fourth-order valence-electron chi connectivity index (χ4n) is 4.03. The van der Waals surface area contributed by atoms with Gasteiger partial charge in [-0.15, -0.1) is 0 Å². The Hall–Kier alpha value is -4.53. The summed E-state index contributed by atoms with van der Waals surface area (Å²) in [6.07, 6.45) is -2.43. The second kappa shape index (κ2) is 11.2. The first kappa shape index (κ1) is 29.5. The number of rotatable bonds is 8. The topological polar surface area (TPSA) is 132 Å². The highest BCUT2D eigenvalue weighted by atomic mass is 32.2. The lowest BCUT2D eigenvalue weighted by Crippen LogP contribution is -2.32. The lowest BCUT2D eigenvalue weighted by molar-refractivity contribution is -0.140. The zero-order valence-electron chi connectivity index (χ0n) is 21.8. The SMILES string of the molecule is CNC(=O)[C@@H](C)Cn1cnc2ccc(-c3cnc(OC)c(NS(=O)(=O)c4ccc(F)c(C(F)(F)F)c4)c3)cc2c1=O. The summed E-state index contributed by atoms with van der Waals surface area (Å²) in [7, 11) is -1.94. The lowest BCUT2D eigenvalue weighted by Gasteiger charge is -2.15. The molecule has 0 aliphatic heterocycles. The van der Waals surface area contributed by atoms with Gasteiger partial charge in [-0.25, -0.2) is 22.8 Å². The number of carbonyl (C=O) groups excluding carboxylic acids is 1. The van der Waals surface area contributed by atoms with Crippen LogP contribution in [0.3, 0.4) is 0 Å². The number of fused-ring (bicyclic) bond motifs is 1. The van der Waals surface area contributed by atoms with Crippen LogP contribution in [0.4, 0.5) is 23.2 Å². The molecule has 0 aliphatic rings. The Morgan fingerprint density at radius 3 is 2.49 bits per heavy atom. The molecule has 1 atom stereocenters. The number of aromatic nitrogens is 3. The van der Waals surface area contributed by atoms with E-state index in [4.69, 9.17) is 4.74 Å². The Labute approximate surface area is 231 Å². The number of halogens is 4. The predicted molar refractivity (Wildman–Crippen MR) is 141 cm³/mol. The second-order valence-electron chi connectivity index (χ2n) is 8.98. The van der Waals surface area contributed by atoms with E-state index in [0.29, 0.717) is 28.8 Å². The van der Waals surface area contributed by atoms with Gasteiger partial charge in [0.25, 0.3) is 15.6 Å². The average Bonchev–Trinajstić information content (AvgIpc) is 2.93. The van der Waals surface area contributed by atoms with E-state index in [0.717, 1.165) is 0 Å². The van der Waals surface area contributed by atoms with Crippen molar-refractivity contribution in [1.29, 1.82) is 0 Å². The summed E-state index contributed by atoms with van der Waals surface area (Å²) >= 11 is 0. The van der Waals surface area contributed by atoms with E-state index >= 15 is 0 Å². The number of sulfonamides is 1. The van der Waals surface area contributed by atoms with E-state index in [2.05, 4.69) is 20.0 Å². The van der Waals surface area contributed by atoms with Crippen LogP contribution in [-0.2, 0) is 27.5 Å². The van der Waals surface area contributed by atoms with Crippen molar-refractivity contribution in [2.45, 2.75) is 24.5 Å². The number of hydrogen-bond acceptors (Lipinski definition) is 7. The van der Waals surface area contributed by atoms with Gasteiger partial charge in [0.15, 0.2) is 0 Å². The molecule has 1 amide bonds. The number of nitrogens with zero attached hydrogens (tertiary/aromatic N) is 3. The van der Waals surface area contributed by atoms with Crippen molar-refractivity contribution in [1.82, 2.24) is 19.9 Å². The molecule has 2 aromatic heterocycles. The molecule has 0 unspecified atom stereocenters. The summed E-state index contributed by atoms with van der Waals surface area (Å²) in [6.45, 7) is 1.74. The number of methoxy groups -OCH3 is 1. The normalized spacial score (nSPS) is 12.7. The molecule has 4 rings (SSSR count). The van der Waals surface area contributed by atoms with Crippen LogP contribution in [0.25, 0.3) is 22.0 Å². The summed E-state index contributed by atoms with van der Waals surface area (Å²) in [5, 5.41) is 2.74. The molecule has 0 bridgehead atoms. The smallest absolute Gasteiger partial charge is 0.419 e. The summed E-state index contributed by atoms with van der Waals surface area (Å²) in [5.74, 6) is -2.57. The van der Waals surface area contributed by atoms with Crippen molar-refractivity contribution in [2.75, 3.05) is 18.9 Å². The summed E-state index contributed by atoms with van der Waals surface area (Å²) in [6, 6.07) is 7.32. The maximum Gasteiger partial charge on any atom is 0.419 e. The third kappa shape index (κ3) is 6.14. The maximum atomic E-state index is 13.7. The van der Waals surface area contributed by atoms with Crippen molar-refractivity contribution >= 4 is 32.5 Å². The van der Waals surface area contributed by atoms with Crippen LogP contribution in [0, 0.1) is 11.7 Å². The first-order valence-corrected chi connectivity index (χ1v) is 13.4. The second-order valence-corrected chi connectivity index (χ2v) is 10.7. The van der Waals surface area contributed by atoms with Crippen molar-refractivity contribution in [3.05, 3.63) is 76.7 Å². The molecule has 2 heterocycles. The Morgan fingerprint density at radius 2 is 1.83 bits per heavy atom. The monoisotopic (exact) mass is 593 g/mol. The zero-order valence-corrected chi connectivity index (χ0v) is 22.6. The largest absolute Gasteiger partial charge is 0.480 e. The van der Waals surface area contributed by atoms with Crippen molar-refractivity contribution < 1.29 is 35.5 Å². The fraction of sp³-hybridized carbons (Fsp3) is 0.231. The van der Waals surface area contributed by atoms with Crippen LogP contribution >= 0.6 is 0 Å². The molecule has 2 aromatic carbocycles. The molecule has 0 saturated carbocycles. The minimum absolute atomic E-state index is 0.0845. The molecule has 10 nitrogen and oxygen atoms in total. The van der Waals surface area contributed by atoms with E-state index < -0.39 is 44.0 Å². The van der Waals surface area contributed by atoms with Gasteiger partial charge in [-0.3, -0.25) is 18.9 Å². The number of ether oxygens (including phenoxy) is 1. The van der Waals surface area contributed by atoms with E-state index in [-0.39, 0.29) is 35.5 Å². The number of benzene rings is 2. The minimum Gasteiger partial charge on any atom is -0.480 e. The van der Waals surface area contributed by atoms with Crippen LogP contribution in [0.15, 0.2) is 64.7 Å². The highest BCUT2D eigenvalue weighted by molar-refractivity contribution is 7.92. The van der Waals surface area contributed by atoms with Crippen molar-refractivity contribution in [3.63, 3.8) is 0 Å². The van der Waals surface area contributed by atoms with Gasteiger partial charge in [0.2, 0.25) is 11.8 Å². The summed E-state index contributed by atoms with van der Waals surface area (Å²) < 4.78 is 87.6. The molecular weight excluding hydrogens is 570 g/mol. The molecule has 0 fully saturated rings. The molecule has 2 N–H and O–H groups in total. The molecule has 4 aromatic rings. The Balaban J connectivity index is 1.73. The van der Waals surface area contributed by atoms with Gasteiger partial charge in [0, 0.05) is 25.4 Å². The van der Waals surface area contributed by atoms with Gasteiger partial charge in [-0.05, 0) is 42.0 Å². The quantitative estimate of drug-likeness (QED) is 0.297. The van der Waals surface area contributed by atoms with Gasteiger partial charge < -0.3 is 10.1 Å². The van der Waals surface area contributed by atoms with E-state index in [1.54, 1.807) is 19.1 Å². The molecule has 0 spiro atoms. The third-order valence-electron chi connectivity index (χ3n) is 6.16. The molecule has 0 aliphatic carbocycles. The van der Waals surface area contributed by atoms with Crippen molar-refractivity contribution in [3.8, 4) is 17.0 Å². The number of pyridine rings is 1. The predicted octanol–water partition coefficient (Wildman–Crippen LogP) is 3.81. The maximum absolute atomic E-state index is 13.7. The first-order valence-electron chi connectivity index (χ1n) is 11.9. The number of amides is 1. The molecule has 0 saturated heterocycles. The number of anilines is 1. The van der Waals surface area contributed by atoms with E-state index in [1.807, 2.05) is 0 Å². The highest BCUT2D eigenvalue weighted by Crippen LogP contribution is 2.34. The minimum atomic E-state index is -5.11. The summed E-state index contributed by atoms with van der Waals surface area (Å²) in [5.41, 5.74) is -1.22. The van der Waals surface area contributed by atoms with Gasteiger partial charge in [-0.2, -0.15) is 13.2 Å². The lowest BCUT2D eigenvalue weighted by atomic mass is 10.0. The van der Waals surface area contributed by atoms with Crippen LogP contribution in [0.5, 0.6) is 5.88 Å². The number of nitrogens with one attached hydrogen (secondary N) is 2. The van der Waals surface area contributed by atoms with Crippen LogP contribution in [0.2, 0.25) is 0 Å². The molecule has 41 heavy (non-hydrogen) atoms. The van der Waals surface area contributed by atoms with Crippen molar-refractivity contribution in [2.24, 2.45) is 5.92 Å². The van der Waals surface area contributed by atoms with Crippen LogP contribution in [0.1, 0.15) is 12.5 Å². The van der Waals surface area contributed by atoms with Crippen LogP contribution < -0.4 is 20.3 Å². The molecule has 216 valence electrons. The Kier molecular flexibility index (Phi) is 8.01. The van der Waals surface area contributed by atoms with Gasteiger partial charge >= 0.3 is 6.18 Å².